The topological polar surface area (TPSA) is 26.0 Å². The van der Waals surface area contributed by atoms with Crippen molar-refractivity contribution in [2.45, 2.75) is 39.5 Å². The first-order valence-electron chi connectivity index (χ1n) is 7.09. The third-order valence-corrected chi connectivity index (χ3v) is 4.00. The number of hydrogen-bond donors (Lipinski definition) is 1. The van der Waals surface area contributed by atoms with E-state index in [-0.39, 0.29) is 0 Å². The molecule has 2 heteroatoms. The number of benzene rings is 2. The molecule has 0 fully saturated rings. The lowest BCUT2D eigenvalue weighted by Crippen LogP contribution is -1.97. The third-order valence-electron chi connectivity index (χ3n) is 3.68. The highest BCUT2D eigenvalue weighted by atomic mass is 35.5. The fourth-order valence-electron chi connectivity index (χ4n) is 2.38. The first kappa shape index (κ1) is 14.9. The van der Waals surface area contributed by atoms with Crippen LogP contribution in [0.3, 0.4) is 0 Å². The lowest BCUT2D eigenvalue weighted by atomic mass is 9.88. The summed E-state index contributed by atoms with van der Waals surface area (Å²) in [7, 11) is 0. The molecule has 0 saturated heterocycles. The summed E-state index contributed by atoms with van der Waals surface area (Å²) in [6, 6.07) is 12.6. The molecule has 0 atom stereocenters. The van der Waals surface area contributed by atoms with Crippen LogP contribution in [-0.2, 0) is 0 Å². The van der Waals surface area contributed by atoms with Crippen LogP contribution < -0.4 is 5.73 Å². The number of nitrogens with two attached hydrogens (primary N) is 1. The predicted octanol–water partition coefficient (Wildman–Crippen LogP) is 5.84. The molecule has 0 heterocycles. The second-order valence-electron chi connectivity index (χ2n) is 5.89. The highest BCUT2D eigenvalue weighted by molar-refractivity contribution is 6.33. The van der Waals surface area contributed by atoms with Gasteiger partial charge >= 0.3 is 0 Å². The monoisotopic (exact) mass is 287 g/mol. The molecule has 0 unspecified atom stereocenters. The Labute approximate surface area is 126 Å². The molecule has 20 heavy (non-hydrogen) atoms. The maximum atomic E-state index is 6.15. The number of halogens is 1. The number of rotatable bonds is 3. The molecule has 2 aromatic rings. The summed E-state index contributed by atoms with van der Waals surface area (Å²) < 4.78 is 0. The van der Waals surface area contributed by atoms with E-state index in [1.54, 1.807) is 0 Å². The van der Waals surface area contributed by atoms with E-state index in [1.807, 2.05) is 18.2 Å². The first-order chi connectivity index (χ1) is 9.40. The summed E-state index contributed by atoms with van der Waals surface area (Å²) in [6.45, 7) is 8.89. The van der Waals surface area contributed by atoms with Gasteiger partial charge in [-0.2, -0.15) is 0 Å². The Morgan fingerprint density at radius 1 is 0.900 bits per heavy atom. The smallest absolute Gasteiger partial charge is 0.0641 e. The zero-order valence-electron chi connectivity index (χ0n) is 12.6. The molecular weight excluding hydrogens is 266 g/mol. The number of hydrogen-bond acceptors (Lipinski definition) is 1. The van der Waals surface area contributed by atoms with Gasteiger partial charge in [0.15, 0.2) is 0 Å². The zero-order chi connectivity index (χ0) is 14.9. The minimum Gasteiger partial charge on any atom is -0.398 e. The predicted molar refractivity (Wildman–Crippen MR) is 89.5 cm³/mol. The van der Waals surface area contributed by atoms with Gasteiger partial charge < -0.3 is 5.73 Å². The van der Waals surface area contributed by atoms with E-state index in [4.69, 9.17) is 17.3 Å². The van der Waals surface area contributed by atoms with Crippen molar-refractivity contribution in [3.63, 3.8) is 0 Å². The van der Waals surface area contributed by atoms with Gasteiger partial charge in [0.2, 0.25) is 0 Å². The summed E-state index contributed by atoms with van der Waals surface area (Å²) in [4.78, 5) is 0. The minimum absolute atomic E-state index is 0.472. The molecule has 106 valence electrons. The summed E-state index contributed by atoms with van der Waals surface area (Å²) >= 11 is 6.15. The standard InChI is InChI=1S/C18H22ClN/c1-11(2)13-5-7-15(16(9-13)12(3)4)14-6-8-18(20)17(19)10-14/h5-12H,20H2,1-4H3. The lowest BCUT2D eigenvalue weighted by molar-refractivity contribution is 0.835. The third kappa shape index (κ3) is 2.99. The van der Waals surface area contributed by atoms with Gasteiger partial charge in [-0.1, -0.05) is 63.6 Å². The molecule has 0 aliphatic carbocycles. The molecule has 0 radical (unpaired) electrons. The van der Waals surface area contributed by atoms with Gasteiger partial charge in [-0.3, -0.25) is 0 Å². The van der Waals surface area contributed by atoms with E-state index >= 15 is 0 Å². The van der Waals surface area contributed by atoms with Crippen molar-refractivity contribution < 1.29 is 0 Å². The van der Waals surface area contributed by atoms with E-state index in [1.165, 1.54) is 16.7 Å². The summed E-state index contributed by atoms with van der Waals surface area (Å²) in [6.07, 6.45) is 0. The van der Waals surface area contributed by atoms with Crippen LogP contribution in [0.25, 0.3) is 11.1 Å². The van der Waals surface area contributed by atoms with Gasteiger partial charge in [0.1, 0.15) is 0 Å². The average molecular weight is 288 g/mol. The van der Waals surface area contributed by atoms with Crippen LogP contribution in [0.1, 0.15) is 50.7 Å². The average Bonchev–Trinajstić information content (AvgIpc) is 2.41. The molecule has 2 rings (SSSR count). The van der Waals surface area contributed by atoms with E-state index in [2.05, 4.69) is 45.9 Å². The highest BCUT2D eigenvalue weighted by Crippen LogP contribution is 2.34. The number of nitrogen functional groups attached to an aromatic ring is 1. The Hall–Kier alpha value is -1.47. The minimum atomic E-state index is 0.472. The second-order valence-corrected chi connectivity index (χ2v) is 6.30. The Kier molecular flexibility index (Phi) is 4.39. The van der Waals surface area contributed by atoms with E-state index in [0.717, 1.165) is 5.56 Å². The van der Waals surface area contributed by atoms with Gasteiger partial charge in [0, 0.05) is 0 Å². The summed E-state index contributed by atoms with van der Waals surface area (Å²) in [5.41, 5.74) is 11.5. The van der Waals surface area contributed by atoms with Crippen molar-refractivity contribution in [1.29, 1.82) is 0 Å². The zero-order valence-corrected chi connectivity index (χ0v) is 13.3. The fraction of sp³-hybridized carbons (Fsp3) is 0.333. The first-order valence-corrected chi connectivity index (χ1v) is 7.47. The molecule has 0 spiro atoms. The Bertz CT molecular complexity index is 615. The summed E-state index contributed by atoms with van der Waals surface area (Å²) in [5, 5.41) is 0.616. The molecule has 0 aromatic heterocycles. The van der Waals surface area contributed by atoms with Crippen LogP contribution in [0.4, 0.5) is 5.69 Å². The quantitative estimate of drug-likeness (QED) is 0.706. The van der Waals surface area contributed by atoms with Crippen LogP contribution in [0, 0.1) is 0 Å². The molecule has 0 aliphatic heterocycles. The molecule has 2 aromatic carbocycles. The van der Waals surface area contributed by atoms with Gasteiger partial charge in [-0.15, -0.1) is 0 Å². The van der Waals surface area contributed by atoms with Gasteiger partial charge in [0.05, 0.1) is 10.7 Å². The second kappa shape index (κ2) is 5.88. The summed E-state index contributed by atoms with van der Waals surface area (Å²) in [5.74, 6) is 1.01. The maximum Gasteiger partial charge on any atom is 0.0641 e. The SMILES string of the molecule is CC(C)c1ccc(-c2ccc(N)c(Cl)c2)c(C(C)C)c1. The molecule has 0 amide bonds. The molecule has 0 bridgehead atoms. The van der Waals surface area contributed by atoms with Crippen molar-refractivity contribution in [3.8, 4) is 11.1 Å². The Morgan fingerprint density at radius 2 is 1.60 bits per heavy atom. The Morgan fingerprint density at radius 3 is 2.15 bits per heavy atom. The molecule has 2 N–H and O–H groups in total. The fourth-order valence-corrected chi connectivity index (χ4v) is 2.56. The molecular formula is C18H22ClN. The normalized spacial score (nSPS) is 11.3. The van der Waals surface area contributed by atoms with Crippen LogP contribution in [0.5, 0.6) is 0 Å². The van der Waals surface area contributed by atoms with Crippen molar-refractivity contribution >= 4 is 17.3 Å². The van der Waals surface area contributed by atoms with Crippen molar-refractivity contribution in [1.82, 2.24) is 0 Å². The van der Waals surface area contributed by atoms with Crippen LogP contribution in [0.15, 0.2) is 36.4 Å². The molecule has 1 nitrogen and oxygen atoms in total. The van der Waals surface area contributed by atoms with Crippen LogP contribution in [0.2, 0.25) is 5.02 Å². The molecule has 0 aliphatic rings. The lowest BCUT2D eigenvalue weighted by Gasteiger charge is -2.17. The van der Waals surface area contributed by atoms with Gasteiger partial charge in [-0.05, 0) is 46.2 Å². The van der Waals surface area contributed by atoms with Crippen molar-refractivity contribution in [2.75, 3.05) is 5.73 Å². The highest BCUT2D eigenvalue weighted by Gasteiger charge is 2.12. The van der Waals surface area contributed by atoms with Crippen LogP contribution >= 0.6 is 11.6 Å². The van der Waals surface area contributed by atoms with Crippen molar-refractivity contribution in [2.24, 2.45) is 0 Å². The largest absolute Gasteiger partial charge is 0.398 e. The van der Waals surface area contributed by atoms with Crippen molar-refractivity contribution in [3.05, 3.63) is 52.5 Å². The van der Waals surface area contributed by atoms with Gasteiger partial charge in [0.25, 0.3) is 0 Å². The van der Waals surface area contributed by atoms with E-state index < -0.39 is 0 Å². The number of anilines is 1. The van der Waals surface area contributed by atoms with E-state index in [0.29, 0.717) is 22.5 Å². The van der Waals surface area contributed by atoms with E-state index in [9.17, 15) is 0 Å². The maximum absolute atomic E-state index is 6.15. The van der Waals surface area contributed by atoms with Crippen LogP contribution in [-0.4, -0.2) is 0 Å². The van der Waals surface area contributed by atoms with Gasteiger partial charge in [-0.25, -0.2) is 0 Å². The Balaban J connectivity index is 2.58. The molecule has 0 saturated carbocycles.